The molecule has 0 bridgehead atoms. The fourth-order valence-electron chi connectivity index (χ4n) is 5.60. The molecule has 2 aliphatic heterocycles. The Hall–Kier alpha value is -3.49. The highest BCUT2D eigenvalue weighted by Crippen LogP contribution is 2.48. The third kappa shape index (κ3) is 3.69. The van der Waals surface area contributed by atoms with Gasteiger partial charge in [0.15, 0.2) is 0 Å². The fraction of sp³-hybridized carbons (Fsp3) is 0.346. The number of likely N-dealkylation sites (tertiary alicyclic amines) is 1. The number of aromatic nitrogens is 2. The van der Waals surface area contributed by atoms with E-state index < -0.39 is 6.04 Å². The van der Waals surface area contributed by atoms with Crippen molar-refractivity contribution in [3.05, 3.63) is 82.5 Å². The largest absolute Gasteiger partial charge is 0.497 e. The predicted octanol–water partition coefficient (Wildman–Crippen LogP) is 1.83. The number of carbonyl (C=O) groups excluding carboxylic acids is 1. The number of amides is 1. The van der Waals surface area contributed by atoms with Gasteiger partial charge in [-0.15, -0.1) is 0 Å². The van der Waals surface area contributed by atoms with E-state index in [0.717, 1.165) is 22.6 Å². The van der Waals surface area contributed by atoms with Crippen LogP contribution in [0.15, 0.2) is 65.7 Å². The van der Waals surface area contributed by atoms with Crippen LogP contribution >= 0.6 is 0 Å². The zero-order valence-corrected chi connectivity index (χ0v) is 19.2. The molecular weight excluding hydrogens is 432 g/mol. The van der Waals surface area contributed by atoms with E-state index in [2.05, 4.69) is 10.3 Å². The number of hydrogen-bond donors (Lipinski definition) is 2. The summed E-state index contributed by atoms with van der Waals surface area (Å²) in [7, 11) is 3.51. The van der Waals surface area contributed by atoms with Gasteiger partial charge < -0.3 is 19.7 Å². The van der Waals surface area contributed by atoms with Gasteiger partial charge in [-0.1, -0.05) is 12.1 Å². The molecule has 4 atom stereocenters. The zero-order chi connectivity index (χ0) is 23.8. The molecule has 8 heteroatoms. The molecular formula is C26H28N4O4. The van der Waals surface area contributed by atoms with Crippen LogP contribution < -0.4 is 15.6 Å². The summed E-state index contributed by atoms with van der Waals surface area (Å²) in [5.41, 5.74) is 3.23. The number of carbonyl (C=O) groups is 1. The minimum atomic E-state index is -0.477. The van der Waals surface area contributed by atoms with Gasteiger partial charge in [0.1, 0.15) is 5.75 Å². The molecule has 176 valence electrons. The van der Waals surface area contributed by atoms with Crippen LogP contribution in [0.2, 0.25) is 0 Å². The number of ether oxygens (including phenoxy) is 1. The molecule has 2 aromatic heterocycles. The molecule has 8 nitrogen and oxygen atoms in total. The summed E-state index contributed by atoms with van der Waals surface area (Å²) >= 11 is 0. The van der Waals surface area contributed by atoms with Crippen molar-refractivity contribution < 1.29 is 14.6 Å². The molecule has 0 unspecified atom stereocenters. The van der Waals surface area contributed by atoms with E-state index in [1.165, 1.54) is 0 Å². The van der Waals surface area contributed by atoms with Gasteiger partial charge in [-0.05, 0) is 54.6 Å². The highest BCUT2D eigenvalue weighted by molar-refractivity contribution is 5.82. The van der Waals surface area contributed by atoms with Crippen molar-refractivity contribution in [2.45, 2.75) is 25.2 Å². The number of likely N-dealkylation sites (N-methyl/N-ethyl adjacent to an activating group) is 1. The second-order valence-corrected chi connectivity index (χ2v) is 8.96. The topological polar surface area (TPSA) is 96.7 Å². The number of fused-ring (bicyclic) bond motifs is 3. The monoisotopic (exact) mass is 460 g/mol. The van der Waals surface area contributed by atoms with Crippen LogP contribution in [0.5, 0.6) is 5.75 Å². The Morgan fingerprint density at radius 3 is 2.74 bits per heavy atom. The molecule has 0 aliphatic carbocycles. The maximum Gasteiger partial charge on any atom is 0.258 e. The maximum absolute atomic E-state index is 13.3. The standard InChI is InChI=1S/C26H28N4O4/c1-29-23-20(14-30-22(23)7-6-19(26(30)33)17-8-10-27-11-9-17)21(15-31)24(29)25(32)28-13-16-4-3-5-18(12-16)34-2/h3-12,20-21,23-24,31H,13-15H2,1-2H3,(H,28,32)/t20-,21-,23+,24-/m1/s1. The van der Waals surface area contributed by atoms with Crippen LogP contribution in [0, 0.1) is 11.8 Å². The summed E-state index contributed by atoms with van der Waals surface area (Å²) in [4.78, 5) is 32.6. The van der Waals surface area contributed by atoms with E-state index in [9.17, 15) is 14.7 Å². The number of pyridine rings is 2. The van der Waals surface area contributed by atoms with Gasteiger partial charge >= 0.3 is 0 Å². The Kier molecular flexibility index (Phi) is 5.93. The molecule has 0 radical (unpaired) electrons. The number of aliphatic hydroxyl groups is 1. The number of nitrogens with one attached hydrogen (secondary N) is 1. The lowest BCUT2D eigenvalue weighted by atomic mass is 9.88. The molecule has 1 fully saturated rings. The maximum atomic E-state index is 13.3. The van der Waals surface area contributed by atoms with E-state index in [4.69, 9.17) is 4.74 Å². The summed E-state index contributed by atoms with van der Waals surface area (Å²) in [6.45, 7) is 0.731. The first-order valence-corrected chi connectivity index (χ1v) is 11.4. The van der Waals surface area contributed by atoms with Crippen molar-refractivity contribution >= 4 is 5.91 Å². The van der Waals surface area contributed by atoms with Crippen LogP contribution in [-0.4, -0.2) is 52.3 Å². The molecule has 2 aliphatic rings. The normalized spacial score (nSPS) is 23.4. The lowest BCUT2D eigenvalue weighted by Crippen LogP contribution is -2.46. The van der Waals surface area contributed by atoms with Gasteiger partial charge in [0, 0.05) is 55.2 Å². The van der Waals surface area contributed by atoms with Gasteiger partial charge in [-0.2, -0.15) is 0 Å². The quantitative estimate of drug-likeness (QED) is 0.583. The SMILES string of the molecule is COc1cccc(CNC(=O)[C@H]2[C@H](CO)[C@H]3Cn4c(ccc(-c5ccncc5)c4=O)[C@H]3N2C)c1. The van der Waals surface area contributed by atoms with Gasteiger partial charge in [-0.25, -0.2) is 0 Å². The highest BCUT2D eigenvalue weighted by Gasteiger charge is 2.54. The fourth-order valence-corrected chi connectivity index (χ4v) is 5.60. The van der Waals surface area contributed by atoms with E-state index >= 15 is 0 Å². The van der Waals surface area contributed by atoms with Crippen molar-refractivity contribution in [1.29, 1.82) is 0 Å². The summed E-state index contributed by atoms with van der Waals surface area (Å²) in [5, 5.41) is 13.3. The van der Waals surface area contributed by atoms with E-state index in [1.54, 1.807) is 24.1 Å². The molecule has 0 spiro atoms. The summed E-state index contributed by atoms with van der Waals surface area (Å²) in [5.74, 6) is 0.314. The molecule has 4 heterocycles. The first kappa shape index (κ1) is 22.3. The molecule has 5 rings (SSSR count). The molecule has 2 N–H and O–H groups in total. The Morgan fingerprint density at radius 1 is 1.21 bits per heavy atom. The van der Waals surface area contributed by atoms with Crippen molar-refractivity contribution in [3.63, 3.8) is 0 Å². The Bertz CT molecular complexity index is 1260. The van der Waals surface area contributed by atoms with Crippen LogP contribution in [0.1, 0.15) is 17.3 Å². The Balaban J connectivity index is 1.39. The Labute approximate surface area is 197 Å². The smallest absolute Gasteiger partial charge is 0.258 e. The van der Waals surface area contributed by atoms with E-state index in [0.29, 0.717) is 18.7 Å². The van der Waals surface area contributed by atoms with Crippen LogP contribution in [0.4, 0.5) is 0 Å². The third-order valence-electron chi connectivity index (χ3n) is 7.21. The summed E-state index contributed by atoms with van der Waals surface area (Å²) in [6, 6.07) is 14.5. The molecule has 0 saturated carbocycles. The minimum Gasteiger partial charge on any atom is -0.497 e. The highest BCUT2D eigenvalue weighted by atomic mass is 16.5. The molecule has 1 amide bonds. The average Bonchev–Trinajstić information content (AvgIpc) is 3.38. The van der Waals surface area contributed by atoms with Crippen LogP contribution in [0.25, 0.3) is 11.1 Å². The molecule has 34 heavy (non-hydrogen) atoms. The van der Waals surface area contributed by atoms with Crippen LogP contribution in [-0.2, 0) is 17.9 Å². The van der Waals surface area contributed by atoms with Crippen molar-refractivity contribution in [2.75, 3.05) is 20.8 Å². The predicted molar refractivity (Wildman–Crippen MR) is 127 cm³/mol. The molecule has 1 saturated heterocycles. The zero-order valence-electron chi connectivity index (χ0n) is 19.2. The minimum absolute atomic E-state index is 0.0250. The number of nitrogens with zero attached hydrogens (tertiary/aromatic N) is 3. The van der Waals surface area contributed by atoms with Crippen molar-refractivity contribution in [2.24, 2.45) is 11.8 Å². The second kappa shape index (κ2) is 9.04. The van der Waals surface area contributed by atoms with Crippen LogP contribution in [0.3, 0.4) is 0 Å². The lowest BCUT2D eigenvalue weighted by Gasteiger charge is -2.27. The average molecular weight is 461 g/mol. The molecule has 3 aromatic rings. The second-order valence-electron chi connectivity index (χ2n) is 8.96. The number of rotatable bonds is 6. The first-order valence-electron chi connectivity index (χ1n) is 11.4. The number of benzene rings is 1. The van der Waals surface area contributed by atoms with E-state index in [-0.39, 0.29) is 36.0 Å². The number of hydrogen-bond acceptors (Lipinski definition) is 6. The number of methoxy groups -OCH3 is 1. The third-order valence-corrected chi connectivity index (χ3v) is 7.21. The summed E-state index contributed by atoms with van der Waals surface area (Å²) < 4.78 is 7.06. The first-order chi connectivity index (χ1) is 16.5. The molecule has 1 aromatic carbocycles. The van der Waals surface area contributed by atoms with Crippen molar-refractivity contribution in [3.8, 4) is 16.9 Å². The van der Waals surface area contributed by atoms with Gasteiger partial charge in [0.2, 0.25) is 5.91 Å². The number of aliphatic hydroxyl groups excluding tert-OH is 1. The lowest BCUT2D eigenvalue weighted by molar-refractivity contribution is -0.127. The Morgan fingerprint density at radius 2 is 2.00 bits per heavy atom. The summed E-state index contributed by atoms with van der Waals surface area (Å²) in [6.07, 6.45) is 3.34. The van der Waals surface area contributed by atoms with Gasteiger partial charge in [-0.3, -0.25) is 19.5 Å². The van der Waals surface area contributed by atoms with E-state index in [1.807, 2.05) is 60.5 Å². The van der Waals surface area contributed by atoms with Crippen molar-refractivity contribution in [1.82, 2.24) is 19.8 Å². The van der Waals surface area contributed by atoms with Gasteiger partial charge in [0.25, 0.3) is 5.56 Å². The van der Waals surface area contributed by atoms with Gasteiger partial charge in [0.05, 0.1) is 19.2 Å².